The lowest BCUT2D eigenvalue weighted by atomic mass is 10.1. The summed E-state index contributed by atoms with van der Waals surface area (Å²) in [5.74, 6) is 2.07. The van der Waals surface area contributed by atoms with Crippen LogP contribution in [0.5, 0.6) is 0 Å². The molecule has 0 radical (unpaired) electrons. The molecule has 3 aromatic heterocycles. The van der Waals surface area contributed by atoms with Gasteiger partial charge in [0.05, 0.1) is 17.9 Å². The smallest absolute Gasteiger partial charge is 0.194 e. The highest BCUT2D eigenvalue weighted by atomic mass is 127. The van der Waals surface area contributed by atoms with Crippen LogP contribution in [0.2, 0.25) is 0 Å². The summed E-state index contributed by atoms with van der Waals surface area (Å²) in [5, 5.41) is 12.5. The summed E-state index contributed by atoms with van der Waals surface area (Å²) < 4.78 is 3.75. The molecule has 174 valence electrons. The van der Waals surface area contributed by atoms with Gasteiger partial charge in [0.1, 0.15) is 0 Å². The standard InChI is InChI=1S/C23H34N8.HI/c1-8-24-23(29(6)14-20-15-30(7)28-22(20)16(2)3)26-13-19-9-10-21(25-12-19)31-18(5)11-17(4)27-31;/h9-12,15-16H,8,13-14H2,1-7H3,(H,24,26);1H. The van der Waals surface area contributed by atoms with Crippen LogP contribution in [0.3, 0.4) is 0 Å². The summed E-state index contributed by atoms with van der Waals surface area (Å²) in [5.41, 5.74) is 5.47. The highest BCUT2D eigenvalue weighted by molar-refractivity contribution is 14.0. The van der Waals surface area contributed by atoms with E-state index in [1.54, 1.807) is 0 Å². The van der Waals surface area contributed by atoms with E-state index in [0.29, 0.717) is 12.5 Å². The minimum absolute atomic E-state index is 0. The second-order valence-electron chi connectivity index (χ2n) is 8.26. The number of nitrogens with one attached hydrogen (secondary N) is 1. The molecule has 9 heteroatoms. The van der Waals surface area contributed by atoms with E-state index in [9.17, 15) is 0 Å². The van der Waals surface area contributed by atoms with Gasteiger partial charge in [0.25, 0.3) is 0 Å². The number of hydrogen-bond donors (Lipinski definition) is 1. The predicted octanol–water partition coefficient (Wildman–Crippen LogP) is 3.96. The zero-order valence-corrected chi connectivity index (χ0v) is 22.5. The van der Waals surface area contributed by atoms with Crippen molar-refractivity contribution in [3.05, 3.63) is 58.8 Å². The summed E-state index contributed by atoms with van der Waals surface area (Å²) in [6, 6.07) is 6.10. The van der Waals surface area contributed by atoms with Gasteiger partial charge in [-0.3, -0.25) is 4.68 Å². The third kappa shape index (κ3) is 6.30. The summed E-state index contributed by atoms with van der Waals surface area (Å²) in [4.78, 5) is 11.5. The van der Waals surface area contributed by atoms with Crippen molar-refractivity contribution in [1.82, 2.24) is 34.8 Å². The SMILES string of the molecule is CCNC(=NCc1ccc(-n2nc(C)cc2C)nc1)N(C)Cc1cn(C)nc1C(C)C.I. The molecule has 3 rings (SSSR count). The first-order valence-electron chi connectivity index (χ1n) is 10.8. The van der Waals surface area contributed by atoms with Crippen molar-refractivity contribution < 1.29 is 0 Å². The quantitative estimate of drug-likeness (QED) is 0.274. The average Bonchev–Trinajstić information content (AvgIpc) is 3.26. The Kier molecular flexibility index (Phi) is 9.23. The highest BCUT2D eigenvalue weighted by Gasteiger charge is 2.15. The molecular formula is C23H35IN8. The molecule has 0 fully saturated rings. The van der Waals surface area contributed by atoms with Crippen LogP contribution in [-0.4, -0.2) is 49.0 Å². The molecule has 3 heterocycles. The minimum Gasteiger partial charge on any atom is -0.357 e. The number of hydrogen-bond acceptors (Lipinski definition) is 4. The molecule has 1 N–H and O–H groups in total. The first kappa shape index (κ1) is 25.8. The lowest BCUT2D eigenvalue weighted by Crippen LogP contribution is -2.38. The number of rotatable bonds is 7. The van der Waals surface area contributed by atoms with Crippen LogP contribution in [0.4, 0.5) is 0 Å². The van der Waals surface area contributed by atoms with E-state index in [1.807, 2.05) is 48.6 Å². The van der Waals surface area contributed by atoms with Crippen LogP contribution in [0, 0.1) is 13.8 Å². The predicted molar refractivity (Wildman–Crippen MR) is 140 cm³/mol. The Morgan fingerprint density at radius 3 is 2.53 bits per heavy atom. The van der Waals surface area contributed by atoms with Crippen molar-refractivity contribution in [3.8, 4) is 5.82 Å². The molecular weight excluding hydrogens is 515 g/mol. The second-order valence-corrected chi connectivity index (χ2v) is 8.26. The number of aliphatic imine (C=N–C) groups is 1. The molecule has 0 saturated heterocycles. The van der Waals surface area contributed by atoms with Crippen LogP contribution >= 0.6 is 24.0 Å². The van der Waals surface area contributed by atoms with Crippen LogP contribution in [0.25, 0.3) is 5.82 Å². The molecule has 0 atom stereocenters. The van der Waals surface area contributed by atoms with Gasteiger partial charge in [-0.15, -0.1) is 24.0 Å². The molecule has 3 aromatic rings. The van der Waals surface area contributed by atoms with Gasteiger partial charge in [0.15, 0.2) is 11.8 Å². The molecule has 0 aromatic carbocycles. The van der Waals surface area contributed by atoms with Crippen LogP contribution in [-0.2, 0) is 20.1 Å². The van der Waals surface area contributed by atoms with Crippen molar-refractivity contribution >= 4 is 29.9 Å². The summed E-state index contributed by atoms with van der Waals surface area (Å²) in [6.45, 7) is 12.6. The second kappa shape index (κ2) is 11.4. The van der Waals surface area contributed by atoms with E-state index in [-0.39, 0.29) is 24.0 Å². The maximum Gasteiger partial charge on any atom is 0.194 e. The number of nitrogens with zero attached hydrogens (tertiary/aromatic N) is 7. The Morgan fingerprint density at radius 1 is 1.22 bits per heavy atom. The lowest BCUT2D eigenvalue weighted by Gasteiger charge is -2.22. The molecule has 0 aliphatic rings. The number of pyridine rings is 1. The molecule has 0 amide bonds. The Hall–Kier alpha value is -2.43. The third-order valence-electron chi connectivity index (χ3n) is 5.04. The van der Waals surface area contributed by atoms with Crippen molar-refractivity contribution in [3.63, 3.8) is 0 Å². The average molecular weight is 550 g/mol. The minimum atomic E-state index is 0. The largest absolute Gasteiger partial charge is 0.357 e. The maximum absolute atomic E-state index is 4.83. The summed E-state index contributed by atoms with van der Waals surface area (Å²) in [7, 11) is 4.03. The highest BCUT2D eigenvalue weighted by Crippen LogP contribution is 2.18. The van der Waals surface area contributed by atoms with E-state index in [1.165, 1.54) is 5.56 Å². The molecule has 0 aliphatic heterocycles. The van der Waals surface area contributed by atoms with Crippen molar-refractivity contribution in [2.24, 2.45) is 12.0 Å². The van der Waals surface area contributed by atoms with Gasteiger partial charge in [0.2, 0.25) is 0 Å². The van der Waals surface area contributed by atoms with Gasteiger partial charge in [0, 0.05) is 50.8 Å². The van der Waals surface area contributed by atoms with Gasteiger partial charge in [-0.25, -0.2) is 14.7 Å². The van der Waals surface area contributed by atoms with Crippen LogP contribution < -0.4 is 5.32 Å². The van der Waals surface area contributed by atoms with E-state index < -0.39 is 0 Å². The fraction of sp³-hybridized carbons (Fsp3) is 0.478. The maximum atomic E-state index is 4.83. The molecule has 8 nitrogen and oxygen atoms in total. The Balaban J connectivity index is 0.00000363. The number of aryl methyl sites for hydroxylation is 3. The van der Waals surface area contributed by atoms with Crippen molar-refractivity contribution in [2.45, 2.75) is 53.6 Å². The molecule has 0 spiro atoms. The molecule has 0 aliphatic carbocycles. The fourth-order valence-corrected chi connectivity index (χ4v) is 3.63. The van der Waals surface area contributed by atoms with Crippen LogP contribution in [0.1, 0.15) is 54.9 Å². The first-order chi connectivity index (χ1) is 14.8. The van der Waals surface area contributed by atoms with Gasteiger partial charge in [-0.1, -0.05) is 19.9 Å². The van der Waals surface area contributed by atoms with E-state index in [2.05, 4.69) is 65.5 Å². The zero-order chi connectivity index (χ0) is 22.5. The number of aromatic nitrogens is 5. The zero-order valence-electron chi connectivity index (χ0n) is 20.1. The molecule has 0 bridgehead atoms. The Labute approximate surface area is 208 Å². The monoisotopic (exact) mass is 550 g/mol. The van der Waals surface area contributed by atoms with Gasteiger partial charge in [-0.2, -0.15) is 10.2 Å². The third-order valence-corrected chi connectivity index (χ3v) is 5.04. The Bertz CT molecular complexity index is 1030. The van der Waals surface area contributed by atoms with Gasteiger partial charge >= 0.3 is 0 Å². The van der Waals surface area contributed by atoms with E-state index >= 15 is 0 Å². The van der Waals surface area contributed by atoms with Gasteiger partial charge in [-0.05, 0) is 44.4 Å². The van der Waals surface area contributed by atoms with Crippen molar-refractivity contribution in [2.75, 3.05) is 13.6 Å². The lowest BCUT2D eigenvalue weighted by molar-refractivity contribution is 0.473. The molecule has 0 saturated carbocycles. The normalized spacial score (nSPS) is 11.6. The molecule has 0 unspecified atom stereocenters. The topological polar surface area (TPSA) is 76.2 Å². The number of halogens is 1. The fourth-order valence-electron chi connectivity index (χ4n) is 3.63. The number of guanidine groups is 1. The summed E-state index contributed by atoms with van der Waals surface area (Å²) in [6.07, 6.45) is 3.97. The van der Waals surface area contributed by atoms with E-state index in [0.717, 1.165) is 47.5 Å². The summed E-state index contributed by atoms with van der Waals surface area (Å²) >= 11 is 0. The van der Waals surface area contributed by atoms with Gasteiger partial charge < -0.3 is 10.2 Å². The van der Waals surface area contributed by atoms with Crippen molar-refractivity contribution in [1.29, 1.82) is 0 Å². The van der Waals surface area contributed by atoms with Crippen LogP contribution in [0.15, 0.2) is 35.6 Å². The Morgan fingerprint density at radius 2 is 1.97 bits per heavy atom. The first-order valence-corrected chi connectivity index (χ1v) is 10.8. The molecule has 32 heavy (non-hydrogen) atoms. The van der Waals surface area contributed by atoms with E-state index in [4.69, 9.17) is 4.99 Å².